The molecule has 0 heterocycles. The number of aliphatic hydroxyl groups excluding tert-OH is 1. The Morgan fingerprint density at radius 1 is 1.50 bits per heavy atom. The minimum absolute atomic E-state index is 0.00301. The van der Waals surface area contributed by atoms with E-state index in [2.05, 4.69) is 0 Å². The van der Waals surface area contributed by atoms with E-state index in [0.29, 0.717) is 0 Å². The van der Waals surface area contributed by atoms with Crippen LogP contribution in [0.1, 0.15) is 17.2 Å². The first-order valence-corrected chi connectivity index (χ1v) is 4.94. The van der Waals surface area contributed by atoms with Crippen LogP contribution in [-0.4, -0.2) is 18.8 Å². The molecule has 3 N–H and O–H groups in total. The minimum Gasteiger partial charge on any atom is -0.387 e. The molecule has 0 radical (unpaired) electrons. The lowest BCUT2D eigenvalue weighted by Crippen LogP contribution is -2.15. The lowest BCUT2D eigenvalue weighted by molar-refractivity contribution is 0.174. The van der Waals surface area contributed by atoms with Gasteiger partial charge in [-0.3, -0.25) is 0 Å². The first kappa shape index (κ1) is 13.3. The van der Waals surface area contributed by atoms with Crippen LogP contribution >= 0.6 is 11.6 Å². The summed E-state index contributed by atoms with van der Waals surface area (Å²) in [6, 6.07) is 1.16. The largest absolute Gasteiger partial charge is 0.387 e. The Labute approximate surface area is 96.8 Å². The Hall–Kier alpha value is -0.750. The van der Waals surface area contributed by atoms with Gasteiger partial charge in [0.1, 0.15) is 0 Å². The highest BCUT2D eigenvalue weighted by Crippen LogP contribution is 2.28. The van der Waals surface area contributed by atoms with E-state index in [0.717, 1.165) is 6.07 Å². The molecule has 0 amide bonds. The van der Waals surface area contributed by atoms with Crippen molar-refractivity contribution in [3.8, 4) is 0 Å². The molecule has 1 aromatic rings. The van der Waals surface area contributed by atoms with Gasteiger partial charge in [0.25, 0.3) is 0 Å². The van der Waals surface area contributed by atoms with Gasteiger partial charge in [-0.25, -0.2) is 8.78 Å². The van der Waals surface area contributed by atoms with E-state index in [1.807, 2.05) is 0 Å². The number of rotatable bonds is 4. The Balaban J connectivity index is 3.27. The predicted molar refractivity (Wildman–Crippen MR) is 56.1 cm³/mol. The number of hydrogen-bond acceptors (Lipinski definition) is 3. The van der Waals surface area contributed by atoms with E-state index in [-0.39, 0.29) is 29.3 Å². The molecule has 0 saturated carbocycles. The molecule has 90 valence electrons. The fourth-order valence-electron chi connectivity index (χ4n) is 1.30. The van der Waals surface area contributed by atoms with Gasteiger partial charge in [0.05, 0.1) is 12.7 Å². The molecule has 1 aromatic carbocycles. The Bertz CT molecular complexity index is 388. The smallest absolute Gasteiger partial charge is 0.166 e. The third-order valence-corrected chi connectivity index (χ3v) is 2.49. The van der Waals surface area contributed by atoms with Gasteiger partial charge in [-0.05, 0) is 6.07 Å². The molecule has 0 saturated heterocycles. The number of halogens is 3. The average Bonchev–Trinajstić information content (AvgIpc) is 2.28. The van der Waals surface area contributed by atoms with Crippen LogP contribution < -0.4 is 5.73 Å². The van der Waals surface area contributed by atoms with Crippen molar-refractivity contribution in [2.45, 2.75) is 12.7 Å². The van der Waals surface area contributed by atoms with Crippen molar-refractivity contribution in [3.63, 3.8) is 0 Å². The number of ether oxygens (including phenoxy) is 1. The third-order valence-electron chi connectivity index (χ3n) is 2.15. The molecule has 0 aliphatic heterocycles. The fourth-order valence-corrected chi connectivity index (χ4v) is 1.55. The van der Waals surface area contributed by atoms with E-state index < -0.39 is 17.7 Å². The number of benzene rings is 1. The third kappa shape index (κ3) is 2.49. The fraction of sp³-hybridized carbons (Fsp3) is 0.400. The lowest BCUT2D eigenvalue weighted by atomic mass is 10.1. The van der Waals surface area contributed by atoms with E-state index >= 15 is 0 Å². The topological polar surface area (TPSA) is 55.5 Å². The number of aliphatic hydroxyl groups is 1. The number of hydrogen-bond donors (Lipinski definition) is 2. The molecule has 3 nitrogen and oxygen atoms in total. The summed E-state index contributed by atoms with van der Waals surface area (Å²) in [6.07, 6.45) is -1.27. The second-order valence-corrected chi connectivity index (χ2v) is 3.65. The van der Waals surface area contributed by atoms with Crippen molar-refractivity contribution < 1.29 is 18.6 Å². The first-order chi connectivity index (χ1) is 7.52. The molecule has 6 heteroatoms. The second-order valence-electron chi connectivity index (χ2n) is 3.24. The summed E-state index contributed by atoms with van der Waals surface area (Å²) in [4.78, 5) is 0. The van der Waals surface area contributed by atoms with Crippen LogP contribution in [0.4, 0.5) is 8.78 Å². The van der Waals surface area contributed by atoms with Crippen LogP contribution in [0.3, 0.4) is 0 Å². The zero-order valence-electron chi connectivity index (χ0n) is 8.64. The Kier molecular flexibility index (Phi) is 4.61. The van der Waals surface area contributed by atoms with Gasteiger partial charge in [-0.15, -0.1) is 0 Å². The molecular formula is C10H12ClF2NO2. The summed E-state index contributed by atoms with van der Waals surface area (Å²) >= 11 is 5.75. The first-order valence-electron chi connectivity index (χ1n) is 4.56. The van der Waals surface area contributed by atoms with Crippen LogP contribution in [0.2, 0.25) is 5.02 Å². The predicted octanol–water partition coefficient (Wildman–Crippen LogP) is 1.76. The highest BCUT2D eigenvalue weighted by Gasteiger charge is 2.21. The van der Waals surface area contributed by atoms with Gasteiger partial charge < -0.3 is 15.6 Å². The molecule has 0 spiro atoms. The average molecular weight is 252 g/mol. The van der Waals surface area contributed by atoms with E-state index in [1.165, 1.54) is 7.11 Å². The van der Waals surface area contributed by atoms with Crippen molar-refractivity contribution in [1.29, 1.82) is 0 Å². The van der Waals surface area contributed by atoms with Gasteiger partial charge in [-0.1, -0.05) is 11.6 Å². The quantitative estimate of drug-likeness (QED) is 0.802. The summed E-state index contributed by atoms with van der Waals surface area (Å²) < 4.78 is 31.7. The molecule has 0 aromatic heterocycles. The van der Waals surface area contributed by atoms with Crippen LogP contribution in [0.5, 0.6) is 0 Å². The maximum atomic E-state index is 13.5. The number of methoxy groups -OCH3 is 1. The highest BCUT2D eigenvalue weighted by atomic mass is 35.5. The lowest BCUT2D eigenvalue weighted by Gasteiger charge is -2.13. The van der Waals surface area contributed by atoms with Crippen molar-refractivity contribution in [2.24, 2.45) is 5.73 Å². The zero-order valence-corrected chi connectivity index (χ0v) is 9.39. The van der Waals surface area contributed by atoms with Crippen LogP contribution in [0.15, 0.2) is 6.07 Å². The summed E-state index contributed by atoms with van der Waals surface area (Å²) in [5, 5.41) is 9.36. The molecule has 0 fully saturated rings. The molecule has 1 rings (SSSR count). The second kappa shape index (κ2) is 5.54. The van der Waals surface area contributed by atoms with Gasteiger partial charge in [0.2, 0.25) is 0 Å². The summed E-state index contributed by atoms with van der Waals surface area (Å²) in [5.74, 6) is -2.26. The van der Waals surface area contributed by atoms with E-state index in [9.17, 15) is 13.9 Å². The molecule has 0 aliphatic carbocycles. The normalized spacial score (nSPS) is 12.9. The Morgan fingerprint density at radius 2 is 2.12 bits per heavy atom. The van der Waals surface area contributed by atoms with Crippen LogP contribution in [0.25, 0.3) is 0 Å². The standard InChI is InChI=1S/C10H12ClF2NO2/c1-16-4-6-7(11)2-5(8(15)3-14)9(12)10(6)13/h2,8,15H,3-4,14H2,1H3. The molecule has 0 bridgehead atoms. The monoisotopic (exact) mass is 251 g/mol. The SMILES string of the molecule is COCc1c(Cl)cc(C(O)CN)c(F)c1F. The summed E-state index contributed by atoms with van der Waals surface area (Å²) in [6.45, 7) is -0.350. The van der Waals surface area contributed by atoms with Crippen molar-refractivity contribution >= 4 is 11.6 Å². The summed E-state index contributed by atoms with van der Waals surface area (Å²) in [7, 11) is 1.34. The number of nitrogens with two attached hydrogens (primary N) is 1. The molecule has 1 unspecified atom stereocenters. The molecule has 16 heavy (non-hydrogen) atoms. The van der Waals surface area contributed by atoms with E-state index in [1.54, 1.807) is 0 Å². The van der Waals surface area contributed by atoms with Gasteiger partial charge in [0.15, 0.2) is 11.6 Å². The van der Waals surface area contributed by atoms with Gasteiger partial charge in [-0.2, -0.15) is 0 Å². The Morgan fingerprint density at radius 3 is 2.62 bits per heavy atom. The van der Waals surface area contributed by atoms with Crippen LogP contribution in [0, 0.1) is 11.6 Å². The van der Waals surface area contributed by atoms with Crippen molar-refractivity contribution in [1.82, 2.24) is 0 Å². The van der Waals surface area contributed by atoms with E-state index in [4.69, 9.17) is 22.1 Å². The summed E-state index contributed by atoms with van der Waals surface area (Å²) in [5.41, 5.74) is 4.84. The van der Waals surface area contributed by atoms with Crippen molar-refractivity contribution in [2.75, 3.05) is 13.7 Å². The maximum Gasteiger partial charge on any atom is 0.166 e. The van der Waals surface area contributed by atoms with Crippen LogP contribution in [-0.2, 0) is 11.3 Å². The molecule has 0 aliphatic rings. The molecular weight excluding hydrogens is 240 g/mol. The van der Waals surface area contributed by atoms with Gasteiger partial charge >= 0.3 is 0 Å². The highest BCUT2D eigenvalue weighted by molar-refractivity contribution is 6.31. The minimum atomic E-state index is -1.27. The van der Waals surface area contributed by atoms with Gasteiger partial charge in [0, 0.05) is 29.8 Å². The maximum absolute atomic E-state index is 13.5. The zero-order chi connectivity index (χ0) is 12.3. The van der Waals surface area contributed by atoms with Crippen molar-refractivity contribution in [3.05, 3.63) is 33.9 Å². The molecule has 1 atom stereocenters.